The van der Waals surface area contributed by atoms with Gasteiger partial charge in [-0.25, -0.2) is 21.8 Å². The van der Waals surface area contributed by atoms with Gasteiger partial charge in [0.05, 0.1) is 20.9 Å². The lowest BCUT2D eigenvalue weighted by atomic mass is 10.1. The number of carbonyl (C=O) groups is 1. The molecule has 172 valence electrons. The molecule has 0 saturated heterocycles. The van der Waals surface area contributed by atoms with Gasteiger partial charge in [-0.05, 0) is 43.9 Å². The largest absolute Gasteiger partial charge is 0.308 e. The lowest BCUT2D eigenvalue weighted by Gasteiger charge is -2.22. The summed E-state index contributed by atoms with van der Waals surface area (Å²) in [5, 5.41) is 0.427. The Kier molecular flexibility index (Phi) is 7.03. The van der Waals surface area contributed by atoms with Crippen molar-refractivity contribution in [3.63, 3.8) is 0 Å². The van der Waals surface area contributed by atoms with Crippen molar-refractivity contribution in [1.29, 1.82) is 0 Å². The fourth-order valence-electron chi connectivity index (χ4n) is 3.08. The summed E-state index contributed by atoms with van der Waals surface area (Å²) >= 11 is 1.26. The fraction of sp³-hybridized carbons (Fsp3) is 0.333. The molecule has 0 saturated carbocycles. The van der Waals surface area contributed by atoms with E-state index in [0.717, 1.165) is 12.5 Å². The van der Waals surface area contributed by atoms with Gasteiger partial charge in [-0.15, -0.1) is 0 Å². The van der Waals surface area contributed by atoms with Gasteiger partial charge in [-0.1, -0.05) is 29.5 Å². The number of carbonyl (C=O) groups excluding carboxylic acids is 1. The SMILES string of the molecule is CN(C)CCN(C(=O)Cc1ccc(S(C)(=O)=O)cc1)c1nc2c(S(C)(=O)=O)cccc2s1. The van der Waals surface area contributed by atoms with Gasteiger partial charge in [0.25, 0.3) is 0 Å². The molecule has 3 aromatic rings. The number of fused-ring (bicyclic) bond motifs is 1. The summed E-state index contributed by atoms with van der Waals surface area (Å²) < 4.78 is 48.3. The van der Waals surface area contributed by atoms with E-state index in [9.17, 15) is 21.6 Å². The number of para-hydroxylation sites is 1. The van der Waals surface area contributed by atoms with Gasteiger partial charge >= 0.3 is 0 Å². The third-order valence-electron chi connectivity index (χ3n) is 4.78. The molecular formula is C21H25N3O5S3. The first-order valence-corrected chi connectivity index (χ1v) is 14.3. The molecule has 1 amide bonds. The van der Waals surface area contributed by atoms with Crippen molar-refractivity contribution >= 4 is 52.3 Å². The number of hydrogen-bond donors (Lipinski definition) is 0. The van der Waals surface area contributed by atoms with Crippen molar-refractivity contribution < 1.29 is 21.6 Å². The van der Waals surface area contributed by atoms with Crippen LogP contribution in [-0.2, 0) is 30.9 Å². The molecule has 0 aliphatic heterocycles. The summed E-state index contributed by atoms with van der Waals surface area (Å²) in [5.74, 6) is -0.209. The van der Waals surface area contributed by atoms with E-state index < -0.39 is 19.7 Å². The molecule has 0 spiro atoms. The highest BCUT2D eigenvalue weighted by atomic mass is 32.2. The molecule has 0 aliphatic carbocycles. The predicted octanol–water partition coefficient (Wildman–Crippen LogP) is 2.24. The standard InChI is InChI=1S/C21H25N3O5S3/c1-23(2)12-13-24(19(25)14-15-8-10-16(11-9-15)31(3,26)27)21-22-20-17(30-21)6-5-7-18(20)32(4,28)29/h5-11H,12-14H2,1-4H3. The Bertz CT molecular complexity index is 1350. The van der Waals surface area contributed by atoms with E-state index >= 15 is 0 Å². The summed E-state index contributed by atoms with van der Waals surface area (Å²) in [4.78, 5) is 21.5. The van der Waals surface area contributed by atoms with Gasteiger partial charge in [0, 0.05) is 25.6 Å². The Morgan fingerprint density at radius 1 is 0.938 bits per heavy atom. The van der Waals surface area contributed by atoms with Crippen LogP contribution >= 0.6 is 11.3 Å². The molecule has 0 aliphatic rings. The molecule has 0 atom stereocenters. The number of thiazole rings is 1. The zero-order chi connectivity index (χ0) is 23.7. The van der Waals surface area contributed by atoms with Crippen LogP contribution in [-0.4, -0.2) is 72.3 Å². The van der Waals surface area contributed by atoms with E-state index in [1.54, 1.807) is 29.2 Å². The monoisotopic (exact) mass is 495 g/mol. The van der Waals surface area contributed by atoms with Gasteiger partial charge in [0.15, 0.2) is 24.8 Å². The summed E-state index contributed by atoms with van der Waals surface area (Å²) in [6.07, 6.45) is 2.33. The van der Waals surface area contributed by atoms with Crippen LogP contribution in [0.15, 0.2) is 52.3 Å². The van der Waals surface area contributed by atoms with Crippen LogP contribution < -0.4 is 4.90 Å². The van der Waals surface area contributed by atoms with Crippen LogP contribution in [0.2, 0.25) is 0 Å². The number of rotatable bonds is 8. The first kappa shape index (κ1) is 24.3. The minimum atomic E-state index is -3.47. The van der Waals surface area contributed by atoms with E-state index in [-0.39, 0.29) is 22.1 Å². The molecule has 8 nitrogen and oxygen atoms in total. The summed E-state index contributed by atoms with van der Waals surface area (Å²) in [6, 6.07) is 11.2. The van der Waals surface area contributed by atoms with Gasteiger partial charge in [-0.2, -0.15) is 0 Å². The van der Waals surface area contributed by atoms with Crippen molar-refractivity contribution in [2.75, 3.05) is 44.6 Å². The van der Waals surface area contributed by atoms with E-state index in [0.29, 0.717) is 34.0 Å². The normalized spacial score (nSPS) is 12.4. The average molecular weight is 496 g/mol. The molecule has 1 aromatic heterocycles. The zero-order valence-corrected chi connectivity index (χ0v) is 20.7. The molecule has 1 heterocycles. The van der Waals surface area contributed by atoms with Crippen LogP contribution in [0, 0.1) is 0 Å². The number of hydrogen-bond acceptors (Lipinski definition) is 8. The van der Waals surface area contributed by atoms with Crippen LogP contribution in [0.4, 0.5) is 5.13 Å². The molecule has 0 unspecified atom stereocenters. The molecule has 32 heavy (non-hydrogen) atoms. The lowest BCUT2D eigenvalue weighted by Crippen LogP contribution is -2.37. The van der Waals surface area contributed by atoms with Crippen LogP contribution in [0.3, 0.4) is 0 Å². The maximum Gasteiger partial charge on any atom is 0.233 e. The molecule has 3 rings (SSSR count). The Morgan fingerprint density at radius 2 is 1.59 bits per heavy atom. The first-order chi connectivity index (χ1) is 14.9. The Balaban J connectivity index is 1.95. The third-order valence-corrected chi connectivity index (χ3v) is 8.08. The number of aromatic nitrogens is 1. The second-order valence-electron chi connectivity index (χ2n) is 7.81. The summed E-state index contributed by atoms with van der Waals surface area (Å²) in [5.41, 5.74) is 1.03. The van der Waals surface area contributed by atoms with Crippen molar-refractivity contribution in [3.05, 3.63) is 48.0 Å². The zero-order valence-electron chi connectivity index (χ0n) is 18.3. The molecule has 0 fully saturated rings. The van der Waals surface area contributed by atoms with Gasteiger partial charge < -0.3 is 4.90 Å². The highest BCUT2D eigenvalue weighted by Crippen LogP contribution is 2.33. The predicted molar refractivity (Wildman–Crippen MR) is 127 cm³/mol. The Morgan fingerprint density at radius 3 is 2.16 bits per heavy atom. The number of anilines is 1. The summed E-state index contributed by atoms with van der Waals surface area (Å²) in [7, 11) is -2.99. The third kappa shape index (κ3) is 5.71. The maximum absolute atomic E-state index is 13.2. The second-order valence-corrected chi connectivity index (χ2v) is 12.8. The number of sulfone groups is 2. The highest BCUT2D eigenvalue weighted by molar-refractivity contribution is 7.91. The lowest BCUT2D eigenvalue weighted by molar-refractivity contribution is -0.118. The molecule has 0 radical (unpaired) electrons. The van der Waals surface area contributed by atoms with Crippen LogP contribution in [0.5, 0.6) is 0 Å². The Labute approximate surface area is 192 Å². The van der Waals surface area contributed by atoms with E-state index in [1.807, 2.05) is 19.0 Å². The minimum absolute atomic E-state index is 0.0618. The first-order valence-electron chi connectivity index (χ1n) is 9.70. The van der Waals surface area contributed by atoms with Crippen molar-refractivity contribution in [1.82, 2.24) is 9.88 Å². The molecule has 2 aromatic carbocycles. The Hall–Kier alpha value is -2.34. The van der Waals surface area contributed by atoms with Crippen molar-refractivity contribution in [2.45, 2.75) is 16.2 Å². The average Bonchev–Trinajstić information content (AvgIpc) is 3.10. The molecular weight excluding hydrogens is 470 g/mol. The minimum Gasteiger partial charge on any atom is -0.308 e. The van der Waals surface area contributed by atoms with E-state index in [1.165, 1.54) is 29.5 Å². The van der Waals surface area contributed by atoms with Crippen molar-refractivity contribution in [3.8, 4) is 0 Å². The summed E-state index contributed by atoms with van der Waals surface area (Å²) in [6.45, 7) is 0.967. The smallest absolute Gasteiger partial charge is 0.233 e. The van der Waals surface area contributed by atoms with E-state index in [4.69, 9.17) is 0 Å². The topological polar surface area (TPSA) is 105 Å². The molecule has 11 heteroatoms. The van der Waals surface area contributed by atoms with Crippen LogP contribution in [0.1, 0.15) is 5.56 Å². The quantitative estimate of drug-likeness (QED) is 0.472. The van der Waals surface area contributed by atoms with E-state index in [2.05, 4.69) is 4.98 Å². The van der Waals surface area contributed by atoms with Gasteiger partial charge in [-0.3, -0.25) is 9.69 Å². The molecule has 0 bridgehead atoms. The number of likely N-dealkylation sites (N-methyl/N-ethyl adjacent to an activating group) is 1. The van der Waals surface area contributed by atoms with Crippen molar-refractivity contribution in [2.24, 2.45) is 0 Å². The maximum atomic E-state index is 13.2. The number of amides is 1. The fourth-order valence-corrected chi connectivity index (χ4v) is 5.64. The highest BCUT2D eigenvalue weighted by Gasteiger charge is 2.23. The number of benzene rings is 2. The molecule has 0 N–H and O–H groups in total. The number of nitrogens with zero attached hydrogens (tertiary/aromatic N) is 3. The van der Waals surface area contributed by atoms with Gasteiger partial charge in [0.2, 0.25) is 5.91 Å². The second kappa shape index (κ2) is 9.26. The van der Waals surface area contributed by atoms with Gasteiger partial charge in [0.1, 0.15) is 5.52 Å². The van der Waals surface area contributed by atoms with Crippen LogP contribution in [0.25, 0.3) is 10.2 Å².